The number of hydrogen-bond donors (Lipinski definition) is 1. The molecule has 1 amide bonds. The highest BCUT2D eigenvalue weighted by atomic mass is 16.5. The molecule has 1 aliphatic heterocycles. The highest BCUT2D eigenvalue weighted by Gasteiger charge is 2.17. The average Bonchev–Trinajstić information content (AvgIpc) is 2.16. The van der Waals surface area contributed by atoms with E-state index >= 15 is 0 Å². The molecular formula is C9H13NO4. The zero-order valence-corrected chi connectivity index (χ0v) is 8.02. The van der Waals surface area contributed by atoms with Gasteiger partial charge in [-0.15, -0.1) is 0 Å². The highest BCUT2D eigenvalue weighted by Crippen LogP contribution is 2.00. The fourth-order valence-electron chi connectivity index (χ4n) is 1.08. The van der Waals surface area contributed by atoms with Crippen molar-refractivity contribution >= 4 is 11.9 Å². The van der Waals surface area contributed by atoms with Crippen molar-refractivity contribution in [2.75, 3.05) is 26.3 Å². The zero-order chi connectivity index (χ0) is 10.6. The van der Waals surface area contributed by atoms with Crippen molar-refractivity contribution in [1.29, 1.82) is 0 Å². The lowest BCUT2D eigenvalue weighted by Gasteiger charge is -2.25. The first-order valence-corrected chi connectivity index (χ1v) is 4.37. The first kappa shape index (κ1) is 10.7. The standard InChI is InChI=1S/C9H13NO4/c1-7(9(12)13)2-3-10-4-5-14-6-8(10)11/h2H,3-6H2,1H3,(H,12,13). The molecule has 78 valence electrons. The van der Waals surface area contributed by atoms with Crippen LogP contribution in [0.15, 0.2) is 11.6 Å². The van der Waals surface area contributed by atoms with Gasteiger partial charge < -0.3 is 14.7 Å². The van der Waals surface area contributed by atoms with Crippen LogP contribution in [-0.2, 0) is 14.3 Å². The van der Waals surface area contributed by atoms with Crippen molar-refractivity contribution in [3.8, 4) is 0 Å². The van der Waals surface area contributed by atoms with Gasteiger partial charge in [0.25, 0.3) is 0 Å². The smallest absolute Gasteiger partial charge is 0.331 e. The number of hydrogen-bond acceptors (Lipinski definition) is 3. The van der Waals surface area contributed by atoms with Crippen LogP contribution in [0.1, 0.15) is 6.92 Å². The molecule has 0 atom stereocenters. The fraction of sp³-hybridized carbons (Fsp3) is 0.556. The number of carbonyl (C=O) groups is 2. The summed E-state index contributed by atoms with van der Waals surface area (Å²) in [7, 11) is 0. The van der Waals surface area contributed by atoms with Crippen LogP contribution >= 0.6 is 0 Å². The molecule has 1 heterocycles. The molecule has 0 saturated carbocycles. The number of ether oxygens (including phenoxy) is 1. The Balaban J connectivity index is 2.47. The average molecular weight is 199 g/mol. The Bertz CT molecular complexity index is 272. The second-order valence-corrected chi connectivity index (χ2v) is 3.08. The molecule has 5 nitrogen and oxygen atoms in total. The largest absolute Gasteiger partial charge is 0.478 e. The van der Waals surface area contributed by atoms with E-state index in [0.717, 1.165) is 0 Å². The van der Waals surface area contributed by atoms with Crippen molar-refractivity contribution in [3.05, 3.63) is 11.6 Å². The summed E-state index contributed by atoms with van der Waals surface area (Å²) >= 11 is 0. The van der Waals surface area contributed by atoms with E-state index in [1.165, 1.54) is 13.0 Å². The molecular weight excluding hydrogens is 186 g/mol. The summed E-state index contributed by atoms with van der Waals surface area (Å²) in [5, 5.41) is 8.58. The molecule has 0 spiro atoms. The molecule has 0 unspecified atom stereocenters. The number of carboxylic acids is 1. The number of aliphatic carboxylic acids is 1. The Morgan fingerprint density at radius 2 is 2.43 bits per heavy atom. The van der Waals surface area contributed by atoms with Gasteiger partial charge in [0.2, 0.25) is 5.91 Å². The first-order chi connectivity index (χ1) is 6.61. The van der Waals surface area contributed by atoms with Gasteiger partial charge >= 0.3 is 5.97 Å². The number of rotatable bonds is 3. The summed E-state index contributed by atoms with van der Waals surface area (Å²) in [4.78, 5) is 23.2. The molecule has 1 rings (SSSR count). The Kier molecular flexibility index (Phi) is 3.64. The second kappa shape index (κ2) is 4.76. The normalized spacial score (nSPS) is 18.5. The van der Waals surface area contributed by atoms with E-state index in [1.54, 1.807) is 4.90 Å². The molecule has 0 bridgehead atoms. The monoisotopic (exact) mass is 199 g/mol. The Hall–Kier alpha value is -1.36. The van der Waals surface area contributed by atoms with Crippen LogP contribution in [0.5, 0.6) is 0 Å². The van der Waals surface area contributed by atoms with E-state index < -0.39 is 5.97 Å². The second-order valence-electron chi connectivity index (χ2n) is 3.08. The summed E-state index contributed by atoms with van der Waals surface area (Å²) in [6.45, 7) is 3.00. The molecule has 14 heavy (non-hydrogen) atoms. The van der Waals surface area contributed by atoms with E-state index in [0.29, 0.717) is 19.7 Å². The summed E-state index contributed by atoms with van der Waals surface area (Å²) < 4.78 is 4.94. The topological polar surface area (TPSA) is 66.8 Å². The van der Waals surface area contributed by atoms with Crippen LogP contribution in [0.3, 0.4) is 0 Å². The number of nitrogens with zero attached hydrogens (tertiary/aromatic N) is 1. The SMILES string of the molecule is CC(=CCN1CCOCC1=O)C(=O)O. The van der Waals surface area contributed by atoms with Gasteiger partial charge in [0, 0.05) is 18.7 Å². The van der Waals surface area contributed by atoms with Crippen molar-refractivity contribution < 1.29 is 19.4 Å². The van der Waals surface area contributed by atoms with Crippen LogP contribution in [0.4, 0.5) is 0 Å². The summed E-state index contributed by atoms with van der Waals surface area (Å²) in [6, 6.07) is 0. The van der Waals surface area contributed by atoms with Crippen LogP contribution in [0.25, 0.3) is 0 Å². The minimum absolute atomic E-state index is 0.0920. The van der Waals surface area contributed by atoms with E-state index in [4.69, 9.17) is 9.84 Å². The maximum absolute atomic E-state index is 11.2. The quantitative estimate of drug-likeness (QED) is 0.643. The third-order valence-electron chi connectivity index (χ3n) is 2.04. The Morgan fingerprint density at radius 1 is 1.71 bits per heavy atom. The van der Waals surface area contributed by atoms with Gasteiger partial charge in [-0.25, -0.2) is 4.79 Å². The van der Waals surface area contributed by atoms with Gasteiger partial charge in [0.15, 0.2) is 0 Å². The van der Waals surface area contributed by atoms with Crippen molar-refractivity contribution in [2.24, 2.45) is 0 Å². The molecule has 5 heteroatoms. The highest BCUT2D eigenvalue weighted by molar-refractivity contribution is 5.86. The van der Waals surface area contributed by atoms with Crippen LogP contribution in [0.2, 0.25) is 0 Å². The molecule has 0 aromatic carbocycles. The zero-order valence-electron chi connectivity index (χ0n) is 8.02. The van der Waals surface area contributed by atoms with Crippen molar-refractivity contribution in [1.82, 2.24) is 4.90 Å². The van der Waals surface area contributed by atoms with Crippen molar-refractivity contribution in [2.45, 2.75) is 6.92 Å². The number of amides is 1. The summed E-state index contributed by atoms with van der Waals surface area (Å²) in [5.41, 5.74) is 0.254. The first-order valence-electron chi connectivity index (χ1n) is 4.37. The molecule has 1 fully saturated rings. The molecule has 1 N–H and O–H groups in total. The van der Waals surface area contributed by atoms with Gasteiger partial charge in [-0.2, -0.15) is 0 Å². The minimum atomic E-state index is -0.953. The fourth-order valence-corrected chi connectivity index (χ4v) is 1.08. The molecule has 0 radical (unpaired) electrons. The third-order valence-corrected chi connectivity index (χ3v) is 2.04. The van der Waals surface area contributed by atoms with Gasteiger partial charge in [0.05, 0.1) is 6.61 Å². The summed E-state index contributed by atoms with van der Waals surface area (Å²) in [6.07, 6.45) is 1.53. The van der Waals surface area contributed by atoms with Gasteiger partial charge in [0.1, 0.15) is 6.61 Å². The summed E-state index contributed by atoms with van der Waals surface area (Å²) in [5.74, 6) is -1.05. The molecule has 1 aliphatic rings. The lowest BCUT2D eigenvalue weighted by atomic mass is 10.2. The van der Waals surface area contributed by atoms with E-state index in [-0.39, 0.29) is 18.1 Å². The molecule has 0 aromatic heterocycles. The maximum atomic E-state index is 11.2. The van der Waals surface area contributed by atoms with E-state index in [2.05, 4.69) is 0 Å². The van der Waals surface area contributed by atoms with Crippen LogP contribution < -0.4 is 0 Å². The predicted molar refractivity (Wildman–Crippen MR) is 48.8 cm³/mol. The lowest BCUT2D eigenvalue weighted by molar-refractivity contribution is -0.142. The van der Waals surface area contributed by atoms with Crippen LogP contribution in [0, 0.1) is 0 Å². The van der Waals surface area contributed by atoms with Gasteiger partial charge in [-0.1, -0.05) is 6.08 Å². The molecule has 0 aliphatic carbocycles. The van der Waals surface area contributed by atoms with Crippen LogP contribution in [-0.4, -0.2) is 48.2 Å². The number of carboxylic acid groups (broad SMARTS) is 1. The Morgan fingerprint density at radius 3 is 3.00 bits per heavy atom. The minimum Gasteiger partial charge on any atom is -0.478 e. The van der Waals surface area contributed by atoms with Gasteiger partial charge in [-0.05, 0) is 6.92 Å². The maximum Gasteiger partial charge on any atom is 0.331 e. The van der Waals surface area contributed by atoms with Gasteiger partial charge in [-0.3, -0.25) is 4.79 Å². The molecule has 0 aromatic rings. The Labute approximate surface area is 82.0 Å². The lowest BCUT2D eigenvalue weighted by Crippen LogP contribution is -2.41. The van der Waals surface area contributed by atoms with E-state index in [1.807, 2.05) is 0 Å². The number of morpholine rings is 1. The van der Waals surface area contributed by atoms with E-state index in [9.17, 15) is 9.59 Å². The predicted octanol–water partition coefficient (Wildman–Crippen LogP) is -0.124. The molecule has 1 saturated heterocycles. The number of carbonyl (C=O) groups excluding carboxylic acids is 1. The van der Waals surface area contributed by atoms with Crippen molar-refractivity contribution in [3.63, 3.8) is 0 Å². The third kappa shape index (κ3) is 2.85.